The highest BCUT2D eigenvalue weighted by Crippen LogP contribution is 2.33. The summed E-state index contributed by atoms with van der Waals surface area (Å²) in [7, 11) is 0. The van der Waals surface area contributed by atoms with Gasteiger partial charge in [-0.2, -0.15) is 5.26 Å². The predicted octanol–water partition coefficient (Wildman–Crippen LogP) is 1.38. The van der Waals surface area contributed by atoms with E-state index in [4.69, 9.17) is 11.0 Å². The number of hydrogen-bond donors (Lipinski definition) is 2. The van der Waals surface area contributed by atoms with Crippen molar-refractivity contribution in [1.29, 1.82) is 5.26 Å². The molecule has 1 aromatic rings. The van der Waals surface area contributed by atoms with E-state index in [-0.39, 0.29) is 5.92 Å². The molecule has 112 valence electrons. The zero-order valence-electron chi connectivity index (χ0n) is 12.1. The molecular formula is C15H21N5O. The van der Waals surface area contributed by atoms with E-state index in [1.54, 1.807) is 0 Å². The molecule has 6 heteroatoms. The highest BCUT2D eigenvalue weighted by molar-refractivity contribution is 5.90. The molecule has 3 N–H and O–H groups in total. The summed E-state index contributed by atoms with van der Waals surface area (Å²) >= 11 is 0. The molecule has 2 atom stereocenters. The number of hydrogen-bond acceptors (Lipinski definition) is 4. The van der Waals surface area contributed by atoms with E-state index in [0.29, 0.717) is 17.7 Å². The van der Waals surface area contributed by atoms with Crippen LogP contribution in [-0.4, -0.2) is 39.9 Å². The van der Waals surface area contributed by atoms with Crippen LogP contribution in [0.2, 0.25) is 0 Å². The maximum absolute atomic E-state index is 11.1. The molecule has 0 bridgehead atoms. The number of nitriles is 1. The Morgan fingerprint density at radius 2 is 2.14 bits per heavy atom. The second-order valence-electron chi connectivity index (χ2n) is 6.15. The third-order valence-corrected chi connectivity index (χ3v) is 4.88. The monoisotopic (exact) mass is 287 g/mol. The van der Waals surface area contributed by atoms with Crippen LogP contribution in [0, 0.1) is 17.2 Å². The van der Waals surface area contributed by atoms with Crippen molar-refractivity contribution in [3.05, 3.63) is 17.7 Å². The third kappa shape index (κ3) is 2.93. The van der Waals surface area contributed by atoms with Crippen molar-refractivity contribution < 1.29 is 4.79 Å². The van der Waals surface area contributed by atoms with Crippen LogP contribution >= 0.6 is 0 Å². The Hall–Kier alpha value is -1.87. The number of H-pyrrole nitrogens is 1. The van der Waals surface area contributed by atoms with Crippen LogP contribution in [0.5, 0.6) is 0 Å². The number of primary amides is 1. The zero-order valence-corrected chi connectivity index (χ0v) is 12.1. The number of piperidine rings is 1. The second-order valence-corrected chi connectivity index (χ2v) is 6.15. The molecule has 1 aromatic heterocycles. The van der Waals surface area contributed by atoms with E-state index in [1.165, 1.54) is 6.20 Å². The molecule has 0 aromatic carbocycles. The molecule has 3 rings (SSSR count). The molecule has 2 unspecified atom stereocenters. The summed E-state index contributed by atoms with van der Waals surface area (Å²) < 4.78 is 0. The minimum atomic E-state index is -0.459. The fourth-order valence-electron chi connectivity index (χ4n) is 3.61. The Balaban J connectivity index is 1.55. The number of nitrogens with two attached hydrogens (primary N) is 1. The Labute approximate surface area is 124 Å². The molecule has 0 radical (unpaired) electrons. The fraction of sp³-hybridized carbons (Fsp3) is 0.667. The van der Waals surface area contributed by atoms with Crippen molar-refractivity contribution >= 4 is 5.91 Å². The summed E-state index contributed by atoms with van der Waals surface area (Å²) in [5, 5.41) is 9.00. The topological polar surface area (TPSA) is 98.8 Å². The molecule has 1 saturated carbocycles. The highest BCUT2D eigenvalue weighted by Gasteiger charge is 2.32. The Bertz CT molecular complexity index is 553. The van der Waals surface area contributed by atoms with Crippen molar-refractivity contribution in [2.45, 2.75) is 44.1 Å². The second kappa shape index (κ2) is 5.86. The van der Waals surface area contributed by atoms with Gasteiger partial charge in [0, 0.05) is 17.9 Å². The summed E-state index contributed by atoms with van der Waals surface area (Å²) in [4.78, 5) is 20.9. The van der Waals surface area contributed by atoms with Crippen molar-refractivity contribution in [1.82, 2.24) is 14.9 Å². The summed E-state index contributed by atoms with van der Waals surface area (Å²) in [6.45, 7) is 2.08. The summed E-state index contributed by atoms with van der Waals surface area (Å²) in [6, 6.07) is 2.97. The van der Waals surface area contributed by atoms with Gasteiger partial charge in [0.15, 0.2) is 0 Å². The van der Waals surface area contributed by atoms with Gasteiger partial charge in [-0.25, -0.2) is 4.98 Å². The lowest BCUT2D eigenvalue weighted by Gasteiger charge is -2.35. The number of rotatable bonds is 3. The maximum Gasteiger partial charge on any atom is 0.266 e. The number of carbonyl (C=O) groups is 1. The van der Waals surface area contributed by atoms with Crippen molar-refractivity contribution in [2.24, 2.45) is 11.7 Å². The Morgan fingerprint density at radius 3 is 2.71 bits per heavy atom. The first-order valence-electron chi connectivity index (χ1n) is 7.65. The molecule has 1 saturated heterocycles. The van der Waals surface area contributed by atoms with Crippen LogP contribution < -0.4 is 5.73 Å². The van der Waals surface area contributed by atoms with Crippen LogP contribution in [0.1, 0.15) is 54.3 Å². The van der Waals surface area contributed by atoms with Gasteiger partial charge in [-0.3, -0.25) is 4.79 Å². The van der Waals surface area contributed by atoms with Crippen molar-refractivity contribution in [3.63, 3.8) is 0 Å². The molecule has 2 aliphatic rings. The van der Waals surface area contributed by atoms with Gasteiger partial charge in [0.2, 0.25) is 0 Å². The van der Waals surface area contributed by atoms with E-state index in [1.807, 2.05) is 0 Å². The smallest absolute Gasteiger partial charge is 0.266 e. The first-order chi connectivity index (χ1) is 10.2. The molecule has 1 aliphatic heterocycles. The number of carbonyl (C=O) groups excluding carboxylic acids is 1. The van der Waals surface area contributed by atoms with Gasteiger partial charge in [-0.05, 0) is 45.2 Å². The number of amides is 1. The molecule has 2 heterocycles. The highest BCUT2D eigenvalue weighted by atomic mass is 16.1. The number of imidazole rings is 1. The number of nitrogens with one attached hydrogen (secondary N) is 1. The lowest BCUT2D eigenvalue weighted by atomic mass is 9.94. The van der Waals surface area contributed by atoms with Crippen LogP contribution in [0.25, 0.3) is 0 Å². The number of aromatic amines is 1. The quantitative estimate of drug-likeness (QED) is 0.877. The van der Waals surface area contributed by atoms with Crippen LogP contribution in [-0.2, 0) is 0 Å². The standard InChI is InChI=1S/C15H21N5O/c16-8-10-1-2-12(7-10)20-5-3-11(4-6-20)15-18-9-13(19-15)14(17)21/h9-12H,1-7H2,(H2,17,21)(H,18,19). The first kappa shape index (κ1) is 14.1. The normalized spacial score (nSPS) is 27.6. The predicted molar refractivity (Wildman–Crippen MR) is 77.4 cm³/mol. The zero-order chi connectivity index (χ0) is 14.8. The molecular weight excluding hydrogens is 266 g/mol. The average molecular weight is 287 g/mol. The molecule has 0 spiro atoms. The van der Waals surface area contributed by atoms with Crippen LogP contribution in [0.15, 0.2) is 6.20 Å². The minimum Gasteiger partial charge on any atom is -0.364 e. The van der Waals surface area contributed by atoms with Crippen LogP contribution in [0.4, 0.5) is 0 Å². The van der Waals surface area contributed by atoms with E-state index in [9.17, 15) is 4.79 Å². The number of likely N-dealkylation sites (tertiary alicyclic amines) is 1. The maximum atomic E-state index is 11.1. The van der Waals surface area contributed by atoms with Crippen molar-refractivity contribution in [3.8, 4) is 6.07 Å². The van der Waals surface area contributed by atoms with Gasteiger partial charge in [0.05, 0.1) is 12.3 Å². The largest absolute Gasteiger partial charge is 0.364 e. The summed E-state index contributed by atoms with van der Waals surface area (Å²) in [6.07, 6.45) is 6.82. The van der Waals surface area contributed by atoms with Gasteiger partial charge in [-0.1, -0.05) is 0 Å². The molecule has 6 nitrogen and oxygen atoms in total. The van der Waals surface area contributed by atoms with E-state index >= 15 is 0 Å². The molecule has 1 amide bonds. The van der Waals surface area contributed by atoms with Gasteiger partial charge >= 0.3 is 0 Å². The van der Waals surface area contributed by atoms with E-state index < -0.39 is 5.91 Å². The minimum absolute atomic E-state index is 0.246. The van der Waals surface area contributed by atoms with Gasteiger partial charge < -0.3 is 15.6 Å². The lowest BCUT2D eigenvalue weighted by molar-refractivity contribution is 0.0995. The lowest BCUT2D eigenvalue weighted by Crippen LogP contribution is -2.39. The average Bonchev–Trinajstić information content (AvgIpc) is 3.17. The Kier molecular flexibility index (Phi) is 3.93. The SMILES string of the molecule is N#CC1CCC(N2CCC(c3ncc(C(N)=O)[nH]3)CC2)C1. The van der Waals surface area contributed by atoms with Gasteiger partial charge in [0.1, 0.15) is 11.5 Å². The number of nitrogens with zero attached hydrogens (tertiary/aromatic N) is 3. The summed E-state index contributed by atoms with van der Waals surface area (Å²) in [5.74, 6) is 1.04. The molecule has 1 aliphatic carbocycles. The molecule has 2 fully saturated rings. The van der Waals surface area contributed by atoms with E-state index in [0.717, 1.165) is 51.0 Å². The number of aromatic nitrogens is 2. The van der Waals surface area contributed by atoms with Crippen molar-refractivity contribution in [2.75, 3.05) is 13.1 Å². The first-order valence-corrected chi connectivity index (χ1v) is 7.65. The van der Waals surface area contributed by atoms with E-state index in [2.05, 4.69) is 20.9 Å². The van der Waals surface area contributed by atoms with Gasteiger partial charge in [0.25, 0.3) is 5.91 Å². The summed E-state index contributed by atoms with van der Waals surface area (Å²) in [5.41, 5.74) is 5.63. The van der Waals surface area contributed by atoms with Crippen LogP contribution in [0.3, 0.4) is 0 Å². The van der Waals surface area contributed by atoms with Gasteiger partial charge in [-0.15, -0.1) is 0 Å². The third-order valence-electron chi connectivity index (χ3n) is 4.88. The Morgan fingerprint density at radius 1 is 1.38 bits per heavy atom. The fourth-order valence-corrected chi connectivity index (χ4v) is 3.61. The molecule has 21 heavy (non-hydrogen) atoms.